The predicted molar refractivity (Wildman–Crippen MR) is 67.1 cm³/mol. The van der Waals surface area contributed by atoms with E-state index in [2.05, 4.69) is 41.2 Å². The van der Waals surface area contributed by atoms with Crippen molar-refractivity contribution >= 4 is 11.5 Å². The molecule has 0 radical (unpaired) electrons. The molecule has 1 aromatic rings. The minimum absolute atomic E-state index is 0.289. The van der Waals surface area contributed by atoms with Gasteiger partial charge in [-0.1, -0.05) is 22.9 Å². The van der Waals surface area contributed by atoms with Gasteiger partial charge in [-0.15, -0.1) is 0 Å². The van der Waals surface area contributed by atoms with Gasteiger partial charge in [0.05, 0.1) is 0 Å². The highest BCUT2D eigenvalue weighted by Gasteiger charge is 2.01. The Balaban J connectivity index is 2.40. The summed E-state index contributed by atoms with van der Waals surface area (Å²) in [6, 6.07) is 8.38. The van der Waals surface area contributed by atoms with Crippen LogP contribution in [0.15, 0.2) is 29.4 Å². The molecule has 0 amide bonds. The average Bonchev–Trinajstić information content (AvgIpc) is 2.29. The second-order valence-electron chi connectivity index (χ2n) is 3.95. The quantitative estimate of drug-likeness (QED) is 0.346. The second kappa shape index (κ2) is 6.00. The van der Waals surface area contributed by atoms with Crippen molar-refractivity contribution in [3.63, 3.8) is 0 Å². The third kappa shape index (κ3) is 3.81. The fourth-order valence-electron chi connectivity index (χ4n) is 1.48. The normalized spacial score (nSPS) is 11.5. The maximum absolute atomic E-state index is 8.40. The summed E-state index contributed by atoms with van der Waals surface area (Å²) in [6.07, 6.45) is 1.49. The number of hydrogen-bond donors (Lipinski definition) is 2. The smallest absolute Gasteiger partial charge is 0.139 e. The van der Waals surface area contributed by atoms with Crippen molar-refractivity contribution in [2.45, 2.75) is 19.8 Å². The summed E-state index contributed by atoms with van der Waals surface area (Å²) < 4.78 is 0. The second-order valence-corrected chi connectivity index (χ2v) is 3.95. The Bertz CT molecular complexity index is 346. The van der Waals surface area contributed by atoms with Gasteiger partial charge in [-0.2, -0.15) is 0 Å². The van der Waals surface area contributed by atoms with Gasteiger partial charge in [-0.05, 0) is 25.5 Å². The topological polar surface area (TPSA) is 61.8 Å². The van der Waals surface area contributed by atoms with Crippen molar-refractivity contribution in [1.29, 1.82) is 0 Å². The molecule has 0 aliphatic carbocycles. The first-order chi connectivity index (χ1) is 7.63. The highest BCUT2D eigenvalue weighted by Crippen LogP contribution is 2.13. The molecule has 0 aliphatic rings. The minimum atomic E-state index is 0.289. The molecular formula is C12H19N3O. The van der Waals surface area contributed by atoms with Gasteiger partial charge in [-0.25, -0.2) is 0 Å². The molecular weight excluding hydrogens is 202 g/mol. The van der Waals surface area contributed by atoms with E-state index in [0.717, 1.165) is 13.0 Å². The van der Waals surface area contributed by atoms with Crippen molar-refractivity contribution in [2.75, 3.05) is 18.5 Å². The highest BCUT2D eigenvalue weighted by atomic mass is 16.4. The van der Waals surface area contributed by atoms with Crippen LogP contribution in [-0.2, 0) is 0 Å². The molecule has 0 aliphatic heterocycles. The van der Waals surface area contributed by atoms with E-state index in [1.54, 1.807) is 0 Å². The monoisotopic (exact) mass is 221 g/mol. The zero-order valence-electron chi connectivity index (χ0n) is 9.85. The van der Waals surface area contributed by atoms with Crippen molar-refractivity contribution < 1.29 is 5.21 Å². The first-order valence-electron chi connectivity index (χ1n) is 5.37. The lowest BCUT2D eigenvalue weighted by Gasteiger charge is -2.19. The number of amidine groups is 1. The number of hydrogen-bond acceptors (Lipinski definition) is 3. The largest absolute Gasteiger partial charge is 0.409 e. The summed E-state index contributed by atoms with van der Waals surface area (Å²) in [5.74, 6) is 0.289. The molecule has 0 unspecified atom stereocenters. The number of nitrogens with two attached hydrogens (primary N) is 1. The fraction of sp³-hybridized carbons (Fsp3) is 0.417. The predicted octanol–water partition coefficient (Wildman–Crippen LogP) is 1.96. The number of oxime groups is 1. The number of nitrogens with zero attached hydrogens (tertiary/aromatic N) is 2. The van der Waals surface area contributed by atoms with Gasteiger partial charge in [0, 0.05) is 25.7 Å². The maximum Gasteiger partial charge on any atom is 0.139 e. The summed E-state index contributed by atoms with van der Waals surface area (Å²) in [7, 11) is 2.04. The molecule has 0 spiro atoms. The van der Waals surface area contributed by atoms with Gasteiger partial charge in [0.1, 0.15) is 5.84 Å². The van der Waals surface area contributed by atoms with Crippen molar-refractivity contribution in [3.05, 3.63) is 29.8 Å². The maximum atomic E-state index is 8.40. The van der Waals surface area contributed by atoms with Crippen LogP contribution in [0.5, 0.6) is 0 Å². The summed E-state index contributed by atoms with van der Waals surface area (Å²) >= 11 is 0. The van der Waals surface area contributed by atoms with Crippen molar-refractivity contribution in [1.82, 2.24) is 0 Å². The van der Waals surface area contributed by atoms with Crippen molar-refractivity contribution in [3.8, 4) is 0 Å². The van der Waals surface area contributed by atoms with Crippen LogP contribution < -0.4 is 10.6 Å². The van der Waals surface area contributed by atoms with Crippen LogP contribution in [0.4, 0.5) is 5.69 Å². The summed E-state index contributed by atoms with van der Waals surface area (Å²) in [5, 5.41) is 11.3. The van der Waals surface area contributed by atoms with Gasteiger partial charge in [0.2, 0.25) is 0 Å². The van der Waals surface area contributed by atoms with Gasteiger partial charge >= 0.3 is 0 Å². The molecule has 0 atom stereocenters. The van der Waals surface area contributed by atoms with Crippen LogP contribution in [0.1, 0.15) is 18.4 Å². The average molecular weight is 221 g/mol. The van der Waals surface area contributed by atoms with Crippen LogP contribution in [0, 0.1) is 6.92 Å². The summed E-state index contributed by atoms with van der Waals surface area (Å²) in [6.45, 7) is 2.96. The first kappa shape index (κ1) is 12.4. The lowest BCUT2D eigenvalue weighted by Crippen LogP contribution is -2.20. The van der Waals surface area contributed by atoms with Crippen molar-refractivity contribution in [2.24, 2.45) is 10.9 Å². The van der Waals surface area contributed by atoms with Gasteiger partial charge in [0.15, 0.2) is 0 Å². The van der Waals surface area contributed by atoms with Gasteiger partial charge < -0.3 is 15.8 Å². The number of rotatable bonds is 5. The Kier molecular flexibility index (Phi) is 4.64. The van der Waals surface area contributed by atoms with E-state index in [-0.39, 0.29) is 5.84 Å². The molecule has 3 N–H and O–H groups in total. The van der Waals surface area contributed by atoms with Crippen LogP contribution in [0.2, 0.25) is 0 Å². The Hall–Kier alpha value is -1.71. The van der Waals surface area contributed by atoms with Gasteiger partial charge in [0.25, 0.3) is 0 Å². The standard InChI is InChI=1S/C12H19N3O/c1-10-5-7-11(8-6-10)15(2)9-3-4-12(13)14-16/h5-8,16H,3-4,9H2,1-2H3,(H2,13,14). The zero-order chi connectivity index (χ0) is 12.0. The van der Waals surface area contributed by atoms with E-state index in [0.29, 0.717) is 6.42 Å². The van der Waals surface area contributed by atoms with E-state index >= 15 is 0 Å². The Labute approximate surface area is 96.4 Å². The Morgan fingerprint density at radius 3 is 2.56 bits per heavy atom. The molecule has 0 heterocycles. The summed E-state index contributed by atoms with van der Waals surface area (Å²) in [5.41, 5.74) is 7.84. The third-order valence-electron chi connectivity index (χ3n) is 2.53. The van der Waals surface area contributed by atoms with E-state index < -0.39 is 0 Å². The summed E-state index contributed by atoms with van der Waals surface area (Å²) in [4.78, 5) is 2.16. The molecule has 0 saturated heterocycles. The van der Waals surface area contributed by atoms with Crippen LogP contribution in [0.3, 0.4) is 0 Å². The molecule has 0 aromatic heterocycles. The third-order valence-corrected chi connectivity index (χ3v) is 2.53. The molecule has 4 heteroatoms. The Morgan fingerprint density at radius 1 is 1.38 bits per heavy atom. The van der Waals surface area contributed by atoms with E-state index in [1.807, 2.05) is 7.05 Å². The van der Waals surface area contributed by atoms with Gasteiger partial charge in [-0.3, -0.25) is 0 Å². The first-order valence-corrected chi connectivity index (χ1v) is 5.37. The van der Waals surface area contributed by atoms with E-state index in [9.17, 15) is 0 Å². The minimum Gasteiger partial charge on any atom is -0.409 e. The van der Waals surface area contributed by atoms with Crippen LogP contribution in [0.25, 0.3) is 0 Å². The molecule has 1 rings (SSSR count). The number of benzene rings is 1. The SMILES string of the molecule is Cc1ccc(N(C)CCCC(N)=NO)cc1. The fourth-order valence-corrected chi connectivity index (χ4v) is 1.48. The van der Waals surface area contributed by atoms with Crippen LogP contribution >= 0.6 is 0 Å². The number of anilines is 1. The lowest BCUT2D eigenvalue weighted by molar-refractivity contribution is 0.316. The molecule has 4 nitrogen and oxygen atoms in total. The lowest BCUT2D eigenvalue weighted by atomic mass is 10.2. The molecule has 0 bridgehead atoms. The molecule has 0 saturated carbocycles. The number of aryl methyl sites for hydroxylation is 1. The molecule has 16 heavy (non-hydrogen) atoms. The Morgan fingerprint density at radius 2 is 2.00 bits per heavy atom. The van der Waals surface area contributed by atoms with E-state index in [1.165, 1.54) is 11.3 Å². The molecule has 0 fully saturated rings. The molecule has 88 valence electrons. The molecule has 1 aromatic carbocycles. The zero-order valence-corrected chi connectivity index (χ0v) is 9.85. The highest BCUT2D eigenvalue weighted by molar-refractivity contribution is 5.79. The van der Waals surface area contributed by atoms with E-state index in [4.69, 9.17) is 10.9 Å². The van der Waals surface area contributed by atoms with Crippen LogP contribution in [-0.4, -0.2) is 24.6 Å².